The molecule has 0 spiro atoms. The fraction of sp³-hybridized carbons (Fsp3) is 0.667. The molecule has 1 aromatic carbocycles. The third kappa shape index (κ3) is 2.99. The molecule has 1 saturated heterocycles. The third-order valence-corrected chi connectivity index (χ3v) is 5.09. The largest absolute Gasteiger partial charge is 0.376 e. The number of nitrogens with zero attached hydrogens (tertiary/aromatic N) is 1. The summed E-state index contributed by atoms with van der Waals surface area (Å²) >= 11 is 6.56. The second-order valence-electron chi connectivity index (χ2n) is 7.45. The average molecular weight is 308 g/mol. The first-order valence-electron chi connectivity index (χ1n) is 8.08. The first-order chi connectivity index (χ1) is 9.93. The molecule has 1 aromatic rings. The minimum atomic E-state index is -0.0703. The van der Waals surface area contributed by atoms with Crippen LogP contribution >= 0.6 is 11.6 Å². The lowest BCUT2D eigenvalue weighted by molar-refractivity contribution is -0.0359. The predicted octanol–water partition coefficient (Wildman–Crippen LogP) is 4.61. The summed E-state index contributed by atoms with van der Waals surface area (Å²) < 4.78 is 6.17. The summed E-state index contributed by atoms with van der Waals surface area (Å²) in [5, 5.41) is 0.869. The zero-order chi connectivity index (χ0) is 15.1. The molecule has 0 aromatic heterocycles. The highest BCUT2D eigenvalue weighted by Gasteiger charge is 2.48. The number of halogens is 1. The van der Waals surface area contributed by atoms with Crippen LogP contribution < -0.4 is 0 Å². The number of hydrogen-bond acceptors (Lipinski definition) is 2. The maximum absolute atomic E-state index is 6.56. The maximum Gasteiger partial charge on any atom is 0.0716 e. The number of rotatable bonds is 4. The van der Waals surface area contributed by atoms with Crippen LogP contribution in [0.4, 0.5) is 0 Å². The van der Waals surface area contributed by atoms with Gasteiger partial charge in [-0.25, -0.2) is 0 Å². The van der Waals surface area contributed by atoms with Crippen LogP contribution in [-0.2, 0) is 10.3 Å². The zero-order valence-electron chi connectivity index (χ0n) is 13.4. The van der Waals surface area contributed by atoms with Gasteiger partial charge in [0, 0.05) is 10.6 Å². The van der Waals surface area contributed by atoms with Gasteiger partial charge in [-0.1, -0.05) is 29.8 Å². The Hall–Kier alpha value is -0.570. The maximum atomic E-state index is 6.56. The summed E-state index contributed by atoms with van der Waals surface area (Å²) in [5.41, 5.74) is 1.28. The van der Waals surface area contributed by atoms with Gasteiger partial charge in [0.25, 0.3) is 0 Å². The van der Waals surface area contributed by atoms with E-state index in [9.17, 15) is 0 Å². The van der Waals surface area contributed by atoms with Crippen LogP contribution in [0.15, 0.2) is 24.3 Å². The van der Waals surface area contributed by atoms with Gasteiger partial charge in [-0.15, -0.1) is 0 Å². The fourth-order valence-electron chi connectivity index (χ4n) is 3.69. The minimum Gasteiger partial charge on any atom is -0.376 e. The van der Waals surface area contributed by atoms with Crippen molar-refractivity contribution in [3.05, 3.63) is 34.9 Å². The zero-order valence-corrected chi connectivity index (χ0v) is 14.1. The van der Waals surface area contributed by atoms with E-state index in [1.54, 1.807) is 0 Å². The van der Waals surface area contributed by atoms with E-state index >= 15 is 0 Å². The van der Waals surface area contributed by atoms with E-state index in [1.807, 2.05) is 12.1 Å². The van der Waals surface area contributed by atoms with Crippen LogP contribution in [0.3, 0.4) is 0 Å². The molecule has 0 amide bonds. The average Bonchev–Trinajstić information content (AvgIpc) is 3.14. The molecule has 2 nitrogen and oxygen atoms in total. The molecule has 1 heterocycles. The van der Waals surface area contributed by atoms with Crippen molar-refractivity contribution in [1.82, 2.24) is 4.90 Å². The van der Waals surface area contributed by atoms with Crippen molar-refractivity contribution in [3.8, 4) is 0 Å². The van der Waals surface area contributed by atoms with Crippen LogP contribution in [-0.4, -0.2) is 29.7 Å². The van der Waals surface area contributed by atoms with Gasteiger partial charge >= 0.3 is 0 Å². The molecule has 0 N–H and O–H groups in total. The highest BCUT2D eigenvalue weighted by molar-refractivity contribution is 6.31. The van der Waals surface area contributed by atoms with Crippen molar-refractivity contribution in [2.45, 2.75) is 63.6 Å². The summed E-state index contributed by atoms with van der Waals surface area (Å²) in [4.78, 5) is 2.60. The first kappa shape index (κ1) is 15.3. The molecule has 21 heavy (non-hydrogen) atoms. The van der Waals surface area contributed by atoms with Crippen molar-refractivity contribution in [1.29, 1.82) is 0 Å². The molecule has 2 aliphatic rings. The highest BCUT2D eigenvalue weighted by Crippen LogP contribution is 2.46. The molecule has 1 saturated carbocycles. The van der Waals surface area contributed by atoms with Crippen LogP contribution in [0.2, 0.25) is 5.02 Å². The van der Waals surface area contributed by atoms with E-state index in [4.69, 9.17) is 16.3 Å². The Morgan fingerprint density at radius 3 is 2.62 bits per heavy atom. The summed E-state index contributed by atoms with van der Waals surface area (Å²) in [5.74, 6) is 0. The van der Waals surface area contributed by atoms with E-state index in [2.05, 4.69) is 37.8 Å². The molecule has 1 aliphatic heterocycles. The van der Waals surface area contributed by atoms with Gasteiger partial charge in [0.05, 0.1) is 18.2 Å². The normalized spacial score (nSPS) is 27.2. The van der Waals surface area contributed by atoms with Gasteiger partial charge in [-0.05, 0) is 64.6 Å². The Morgan fingerprint density at radius 2 is 2.00 bits per heavy atom. The van der Waals surface area contributed by atoms with Gasteiger partial charge in [0.2, 0.25) is 0 Å². The second kappa shape index (κ2) is 5.57. The van der Waals surface area contributed by atoms with Crippen molar-refractivity contribution in [3.63, 3.8) is 0 Å². The van der Waals surface area contributed by atoms with Gasteiger partial charge in [0.1, 0.15) is 0 Å². The van der Waals surface area contributed by atoms with Crippen molar-refractivity contribution in [2.75, 3.05) is 13.2 Å². The predicted molar refractivity (Wildman–Crippen MR) is 87.8 cm³/mol. The van der Waals surface area contributed by atoms with Gasteiger partial charge < -0.3 is 4.74 Å². The Bertz CT molecular complexity index is 506. The Morgan fingerprint density at radius 1 is 1.29 bits per heavy atom. The Balaban J connectivity index is 1.99. The summed E-state index contributed by atoms with van der Waals surface area (Å²) in [6.45, 7) is 8.75. The molecule has 1 aliphatic carbocycles. The SMILES string of the molecule is CC(C)(C)N1CCCC1(COC1CC1)c1ccccc1Cl. The summed E-state index contributed by atoms with van der Waals surface area (Å²) in [6, 6.07) is 8.30. The summed E-state index contributed by atoms with van der Waals surface area (Å²) in [6.07, 6.45) is 5.24. The minimum absolute atomic E-state index is 0.0703. The van der Waals surface area contributed by atoms with E-state index in [0.717, 1.165) is 24.6 Å². The standard InChI is InChI=1S/C18H26ClNO/c1-17(2,3)20-12-6-11-18(20,13-21-14-9-10-14)15-7-4-5-8-16(15)19/h4-5,7-8,14H,6,9-13H2,1-3H3. The third-order valence-electron chi connectivity index (χ3n) is 4.76. The molecule has 116 valence electrons. The highest BCUT2D eigenvalue weighted by atomic mass is 35.5. The number of hydrogen-bond donors (Lipinski definition) is 0. The lowest BCUT2D eigenvalue weighted by atomic mass is 9.85. The number of likely N-dealkylation sites (tertiary alicyclic amines) is 1. The molecule has 1 unspecified atom stereocenters. The lowest BCUT2D eigenvalue weighted by Crippen LogP contribution is -2.54. The van der Waals surface area contributed by atoms with E-state index in [-0.39, 0.29) is 11.1 Å². The van der Waals surface area contributed by atoms with Crippen LogP contribution in [0.1, 0.15) is 52.0 Å². The van der Waals surface area contributed by atoms with Gasteiger partial charge in [0.15, 0.2) is 0 Å². The first-order valence-corrected chi connectivity index (χ1v) is 8.46. The summed E-state index contributed by atoms with van der Waals surface area (Å²) in [7, 11) is 0. The molecular formula is C18H26ClNO. The quantitative estimate of drug-likeness (QED) is 0.805. The van der Waals surface area contributed by atoms with Crippen molar-refractivity contribution >= 4 is 11.6 Å². The molecule has 1 atom stereocenters. The smallest absolute Gasteiger partial charge is 0.0716 e. The molecular weight excluding hydrogens is 282 g/mol. The molecule has 0 radical (unpaired) electrons. The van der Waals surface area contributed by atoms with Crippen molar-refractivity contribution < 1.29 is 4.74 Å². The monoisotopic (exact) mass is 307 g/mol. The topological polar surface area (TPSA) is 12.5 Å². The molecule has 3 rings (SSSR count). The van der Waals surface area contributed by atoms with Crippen LogP contribution in [0, 0.1) is 0 Å². The molecule has 3 heteroatoms. The Labute approximate surface area is 133 Å². The number of benzene rings is 1. The van der Waals surface area contributed by atoms with E-state index in [1.165, 1.54) is 24.8 Å². The van der Waals surface area contributed by atoms with Crippen LogP contribution in [0.5, 0.6) is 0 Å². The second-order valence-corrected chi connectivity index (χ2v) is 7.86. The lowest BCUT2D eigenvalue weighted by Gasteiger charge is -2.47. The number of ether oxygens (including phenoxy) is 1. The van der Waals surface area contributed by atoms with Crippen LogP contribution in [0.25, 0.3) is 0 Å². The fourth-order valence-corrected chi connectivity index (χ4v) is 4.00. The molecule has 2 fully saturated rings. The van der Waals surface area contributed by atoms with Gasteiger partial charge in [-0.2, -0.15) is 0 Å². The Kier molecular flexibility index (Phi) is 4.06. The van der Waals surface area contributed by atoms with E-state index < -0.39 is 0 Å². The van der Waals surface area contributed by atoms with E-state index in [0.29, 0.717) is 6.10 Å². The van der Waals surface area contributed by atoms with Crippen molar-refractivity contribution in [2.24, 2.45) is 0 Å². The van der Waals surface area contributed by atoms with Gasteiger partial charge in [-0.3, -0.25) is 4.90 Å². The molecule has 0 bridgehead atoms.